The molecule has 1 aromatic heterocycles. The molecule has 0 spiro atoms. The fraction of sp³-hybridized carbons (Fsp3) is 0.185. The van der Waals surface area contributed by atoms with Crippen LogP contribution in [0.2, 0.25) is 0 Å². The number of ether oxygens (including phenoxy) is 1. The summed E-state index contributed by atoms with van der Waals surface area (Å²) >= 11 is 0. The number of hydrogen-bond donors (Lipinski definition) is 2. The molecule has 0 saturated carbocycles. The SMILES string of the molecule is CC(C)(C)c1ccc(S(=O)Nc2ccc(OC(F)(F)F)cc2-c2ccc(C(=O)O)c3ncccc23)cc1F. The van der Waals surface area contributed by atoms with Gasteiger partial charge in [-0.1, -0.05) is 39.0 Å². The molecule has 2 N–H and O–H groups in total. The van der Waals surface area contributed by atoms with Crippen LogP contribution in [0.1, 0.15) is 36.7 Å². The van der Waals surface area contributed by atoms with E-state index in [1.54, 1.807) is 12.1 Å². The fourth-order valence-corrected chi connectivity index (χ4v) is 4.89. The van der Waals surface area contributed by atoms with Crippen molar-refractivity contribution >= 4 is 33.5 Å². The highest BCUT2D eigenvalue weighted by Gasteiger charge is 2.31. The van der Waals surface area contributed by atoms with Gasteiger partial charge in [0.2, 0.25) is 0 Å². The number of carbonyl (C=O) groups is 1. The van der Waals surface area contributed by atoms with Crippen molar-refractivity contribution in [2.24, 2.45) is 0 Å². The second-order valence-corrected chi connectivity index (χ2v) is 10.6. The van der Waals surface area contributed by atoms with E-state index >= 15 is 0 Å². The molecule has 0 saturated heterocycles. The van der Waals surface area contributed by atoms with Crippen LogP contribution in [0.15, 0.2) is 71.8 Å². The van der Waals surface area contributed by atoms with Gasteiger partial charge >= 0.3 is 12.3 Å². The highest BCUT2D eigenvalue weighted by atomic mass is 32.2. The first-order chi connectivity index (χ1) is 17.7. The second kappa shape index (κ2) is 10.1. The molecule has 1 atom stereocenters. The number of carboxylic acid groups (broad SMARTS) is 1. The Morgan fingerprint density at radius 3 is 2.37 bits per heavy atom. The van der Waals surface area contributed by atoms with Gasteiger partial charge in [-0.2, -0.15) is 0 Å². The second-order valence-electron chi connectivity index (χ2n) is 9.38. The quantitative estimate of drug-likeness (QED) is 0.253. The average molecular weight is 547 g/mol. The van der Waals surface area contributed by atoms with Crippen LogP contribution in [0.25, 0.3) is 22.0 Å². The smallest absolute Gasteiger partial charge is 0.478 e. The number of rotatable bonds is 6. The Balaban J connectivity index is 1.83. The van der Waals surface area contributed by atoms with Gasteiger partial charge in [0.25, 0.3) is 0 Å². The van der Waals surface area contributed by atoms with Crippen LogP contribution in [0.4, 0.5) is 23.2 Å². The number of carboxylic acids is 1. The Kier molecular flexibility index (Phi) is 7.16. The van der Waals surface area contributed by atoms with Crippen LogP contribution < -0.4 is 9.46 Å². The number of anilines is 1. The number of nitrogens with one attached hydrogen (secondary N) is 1. The summed E-state index contributed by atoms with van der Waals surface area (Å²) in [6, 6.07) is 13.4. The molecule has 3 aromatic carbocycles. The molecule has 0 aliphatic carbocycles. The highest BCUT2D eigenvalue weighted by molar-refractivity contribution is 7.86. The molecule has 4 rings (SSSR count). The summed E-state index contributed by atoms with van der Waals surface area (Å²) in [4.78, 5) is 15.9. The van der Waals surface area contributed by atoms with Crippen LogP contribution in [0.5, 0.6) is 5.75 Å². The van der Waals surface area contributed by atoms with Crippen LogP contribution >= 0.6 is 0 Å². The zero-order valence-corrected chi connectivity index (χ0v) is 21.2. The Hall–Kier alpha value is -3.99. The summed E-state index contributed by atoms with van der Waals surface area (Å²) in [7, 11) is -2.00. The zero-order valence-electron chi connectivity index (χ0n) is 20.4. The highest BCUT2D eigenvalue weighted by Crippen LogP contribution is 2.38. The molecule has 0 amide bonds. The van der Waals surface area contributed by atoms with Gasteiger partial charge in [-0.25, -0.2) is 13.4 Å². The molecule has 11 heteroatoms. The lowest BCUT2D eigenvalue weighted by molar-refractivity contribution is -0.274. The average Bonchev–Trinajstić information content (AvgIpc) is 2.82. The van der Waals surface area contributed by atoms with E-state index < -0.39 is 40.3 Å². The van der Waals surface area contributed by atoms with Gasteiger partial charge in [0.1, 0.15) is 22.6 Å². The number of benzene rings is 3. The predicted octanol–water partition coefficient (Wildman–Crippen LogP) is 7.07. The van der Waals surface area contributed by atoms with Gasteiger partial charge in [-0.05, 0) is 59.0 Å². The summed E-state index contributed by atoms with van der Waals surface area (Å²) in [5, 5.41) is 9.88. The summed E-state index contributed by atoms with van der Waals surface area (Å²) in [6.45, 7) is 5.52. The predicted molar refractivity (Wildman–Crippen MR) is 136 cm³/mol. The van der Waals surface area contributed by atoms with E-state index in [1.807, 2.05) is 20.8 Å². The molecule has 198 valence electrons. The molecule has 4 aromatic rings. The maximum Gasteiger partial charge on any atom is 0.573 e. The number of aromatic carboxylic acids is 1. The molecule has 0 fully saturated rings. The Morgan fingerprint density at radius 2 is 1.74 bits per heavy atom. The Bertz CT molecular complexity index is 1570. The minimum Gasteiger partial charge on any atom is -0.478 e. The number of pyridine rings is 1. The molecular weight excluding hydrogens is 524 g/mol. The molecule has 0 aliphatic heterocycles. The van der Waals surface area contributed by atoms with Gasteiger partial charge in [0, 0.05) is 17.1 Å². The van der Waals surface area contributed by atoms with Crippen molar-refractivity contribution < 1.29 is 36.4 Å². The van der Waals surface area contributed by atoms with Crippen molar-refractivity contribution in [3.05, 3.63) is 83.8 Å². The summed E-state index contributed by atoms with van der Waals surface area (Å²) in [6.07, 6.45) is -3.57. The first-order valence-electron chi connectivity index (χ1n) is 11.2. The maximum absolute atomic E-state index is 14.7. The lowest BCUT2D eigenvalue weighted by Crippen LogP contribution is -2.17. The monoisotopic (exact) mass is 546 g/mol. The van der Waals surface area contributed by atoms with Gasteiger partial charge in [-0.15, -0.1) is 13.2 Å². The van der Waals surface area contributed by atoms with E-state index in [0.29, 0.717) is 16.5 Å². The normalized spacial score (nSPS) is 12.8. The molecule has 1 unspecified atom stereocenters. The van der Waals surface area contributed by atoms with Crippen molar-refractivity contribution in [3.63, 3.8) is 0 Å². The summed E-state index contributed by atoms with van der Waals surface area (Å²) < 4.78 is 73.6. The number of hydrogen-bond acceptors (Lipinski definition) is 4. The van der Waals surface area contributed by atoms with Crippen LogP contribution in [-0.4, -0.2) is 26.6 Å². The van der Waals surface area contributed by atoms with Gasteiger partial charge < -0.3 is 14.6 Å². The first-order valence-corrected chi connectivity index (χ1v) is 12.4. The Labute approximate surface area is 217 Å². The maximum atomic E-state index is 14.7. The standard InChI is InChI=1S/C27H22F4N2O4S/c1-26(2,3)21-10-7-16(14-22(21)28)38(36)33-23-11-6-15(37-27(29,30)31)13-20(23)17-8-9-19(25(34)35)24-18(17)5-4-12-32-24/h4-14,33H,1-3H3,(H,34,35). The minimum absolute atomic E-state index is 0.0976. The minimum atomic E-state index is -4.96. The van der Waals surface area contributed by atoms with Crippen LogP contribution in [-0.2, 0) is 16.4 Å². The van der Waals surface area contributed by atoms with E-state index in [1.165, 1.54) is 36.5 Å². The topological polar surface area (TPSA) is 88.5 Å². The lowest BCUT2D eigenvalue weighted by atomic mass is 9.87. The largest absolute Gasteiger partial charge is 0.573 e. The number of aromatic nitrogens is 1. The molecule has 0 bridgehead atoms. The van der Waals surface area contributed by atoms with E-state index in [-0.39, 0.29) is 27.2 Å². The first kappa shape index (κ1) is 27.1. The molecule has 6 nitrogen and oxygen atoms in total. The number of fused-ring (bicyclic) bond motifs is 1. The van der Waals surface area contributed by atoms with Crippen molar-refractivity contribution in [2.45, 2.75) is 37.4 Å². The summed E-state index contributed by atoms with van der Waals surface area (Å²) in [5.74, 6) is -2.31. The van der Waals surface area contributed by atoms with Crippen LogP contribution in [0, 0.1) is 5.82 Å². The Morgan fingerprint density at radius 1 is 1.00 bits per heavy atom. The summed E-state index contributed by atoms with van der Waals surface area (Å²) in [5.41, 5.74) is 0.583. The molecular formula is C27H22F4N2O4S. The molecule has 0 radical (unpaired) electrons. The zero-order chi connectivity index (χ0) is 27.8. The number of halogens is 4. The van der Waals surface area contributed by atoms with Crippen molar-refractivity contribution in [2.75, 3.05) is 4.72 Å². The third kappa shape index (κ3) is 5.77. The molecule has 0 aliphatic rings. The number of nitrogens with zero attached hydrogens (tertiary/aromatic N) is 1. The van der Waals surface area contributed by atoms with E-state index in [9.17, 15) is 31.7 Å². The van der Waals surface area contributed by atoms with Crippen LogP contribution in [0.3, 0.4) is 0 Å². The number of alkyl halides is 3. The van der Waals surface area contributed by atoms with E-state index in [0.717, 1.165) is 18.2 Å². The van der Waals surface area contributed by atoms with Crippen molar-refractivity contribution in [3.8, 4) is 16.9 Å². The van der Waals surface area contributed by atoms with E-state index in [2.05, 4.69) is 14.4 Å². The van der Waals surface area contributed by atoms with Gasteiger partial charge in [-0.3, -0.25) is 4.98 Å². The third-order valence-electron chi connectivity index (χ3n) is 5.68. The molecule has 38 heavy (non-hydrogen) atoms. The van der Waals surface area contributed by atoms with Crippen molar-refractivity contribution in [1.82, 2.24) is 4.98 Å². The fourth-order valence-electron chi connectivity index (χ4n) is 3.99. The van der Waals surface area contributed by atoms with E-state index in [4.69, 9.17) is 0 Å². The van der Waals surface area contributed by atoms with Gasteiger partial charge in [0.15, 0.2) is 0 Å². The molecule has 1 heterocycles. The third-order valence-corrected chi connectivity index (χ3v) is 6.77. The lowest BCUT2D eigenvalue weighted by Gasteiger charge is -2.20. The van der Waals surface area contributed by atoms with Gasteiger partial charge in [0.05, 0.1) is 21.7 Å². The van der Waals surface area contributed by atoms with Crippen molar-refractivity contribution in [1.29, 1.82) is 0 Å².